The molecule has 72 valence electrons. The fourth-order valence-corrected chi connectivity index (χ4v) is 1.79. The van der Waals surface area contributed by atoms with Crippen molar-refractivity contribution in [1.82, 2.24) is 5.32 Å². The number of nitrogens with one attached hydrogen (secondary N) is 1. The van der Waals surface area contributed by atoms with Crippen molar-refractivity contribution >= 4 is 0 Å². The normalized spacial score (nSPS) is 23.2. The molecule has 1 unspecified atom stereocenters. The van der Waals surface area contributed by atoms with E-state index in [9.17, 15) is 5.11 Å². The van der Waals surface area contributed by atoms with Crippen LogP contribution in [0.4, 0.5) is 0 Å². The molecule has 0 saturated heterocycles. The maximum Gasteiger partial charge on any atom is 0.0610 e. The summed E-state index contributed by atoms with van der Waals surface area (Å²) < 4.78 is 0. The van der Waals surface area contributed by atoms with E-state index in [1.165, 1.54) is 19.3 Å². The highest BCUT2D eigenvalue weighted by Crippen LogP contribution is 2.23. The minimum atomic E-state index is -0.0279. The van der Waals surface area contributed by atoms with Gasteiger partial charge in [0.2, 0.25) is 0 Å². The first-order chi connectivity index (χ1) is 5.70. The van der Waals surface area contributed by atoms with Crippen LogP contribution in [0, 0.1) is 0 Å². The number of aliphatic hydroxyl groups excluding tert-OH is 1. The minimum Gasteiger partial charge on any atom is -0.394 e. The van der Waals surface area contributed by atoms with Gasteiger partial charge in [0.05, 0.1) is 6.61 Å². The van der Waals surface area contributed by atoms with Gasteiger partial charge in [0, 0.05) is 11.6 Å². The van der Waals surface area contributed by atoms with Gasteiger partial charge in [-0.1, -0.05) is 19.8 Å². The van der Waals surface area contributed by atoms with Crippen LogP contribution in [0.15, 0.2) is 0 Å². The maximum absolute atomic E-state index is 9.22. The lowest BCUT2D eigenvalue weighted by atomic mass is 9.88. The molecule has 2 heteroatoms. The Balaban J connectivity index is 2.30. The first kappa shape index (κ1) is 10.0. The maximum atomic E-state index is 9.22. The van der Waals surface area contributed by atoms with Crippen molar-refractivity contribution in [3.63, 3.8) is 0 Å². The van der Waals surface area contributed by atoms with Crippen LogP contribution in [0.2, 0.25) is 0 Å². The Kier molecular flexibility index (Phi) is 3.53. The molecule has 1 aliphatic carbocycles. The average molecular weight is 171 g/mol. The summed E-state index contributed by atoms with van der Waals surface area (Å²) in [5.74, 6) is 0. The van der Waals surface area contributed by atoms with Crippen molar-refractivity contribution in [2.75, 3.05) is 6.61 Å². The molecule has 0 aromatic rings. The Bertz CT molecular complexity index is 134. The van der Waals surface area contributed by atoms with E-state index in [0.717, 1.165) is 12.8 Å². The van der Waals surface area contributed by atoms with E-state index in [1.54, 1.807) is 0 Å². The predicted octanol–water partition coefficient (Wildman–Crippen LogP) is 1.68. The quantitative estimate of drug-likeness (QED) is 0.659. The van der Waals surface area contributed by atoms with Gasteiger partial charge in [-0.3, -0.25) is 0 Å². The zero-order valence-electron chi connectivity index (χ0n) is 8.27. The van der Waals surface area contributed by atoms with Crippen LogP contribution < -0.4 is 5.32 Å². The van der Waals surface area contributed by atoms with E-state index in [0.29, 0.717) is 6.04 Å². The van der Waals surface area contributed by atoms with E-state index >= 15 is 0 Å². The van der Waals surface area contributed by atoms with E-state index in [-0.39, 0.29) is 12.1 Å². The van der Waals surface area contributed by atoms with E-state index < -0.39 is 0 Å². The summed E-state index contributed by atoms with van der Waals surface area (Å²) in [5.41, 5.74) is -0.0279. The van der Waals surface area contributed by atoms with Gasteiger partial charge in [-0.15, -0.1) is 0 Å². The Morgan fingerprint density at radius 2 is 2.17 bits per heavy atom. The molecule has 0 aromatic heterocycles. The Morgan fingerprint density at radius 1 is 1.50 bits per heavy atom. The molecule has 12 heavy (non-hydrogen) atoms. The highest BCUT2D eigenvalue weighted by molar-refractivity contribution is 4.88. The van der Waals surface area contributed by atoms with Crippen LogP contribution in [0.25, 0.3) is 0 Å². The third-order valence-corrected chi connectivity index (χ3v) is 2.81. The van der Waals surface area contributed by atoms with Crippen molar-refractivity contribution in [2.24, 2.45) is 0 Å². The summed E-state index contributed by atoms with van der Waals surface area (Å²) in [7, 11) is 0. The highest BCUT2D eigenvalue weighted by Gasteiger charge is 2.28. The van der Waals surface area contributed by atoms with Gasteiger partial charge >= 0.3 is 0 Å². The van der Waals surface area contributed by atoms with Gasteiger partial charge in [-0.2, -0.15) is 0 Å². The Hall–Kier alpha value is -0.0800. The zero-order chi connectivity index (χ0) is 9.03. The molecule has 0 amide bonds. The first-order valence-corrected chi connectivity index (χ1v) is 5.09. The third-order valence-electron chi connectivity index (χ3n) is 2.81. The topological polar surface area (TPSA) is 32.3 Å². The fraction of sp³-hybridized carbons (Fsp3) is 1.00. The number of hydrogen-bond acceptors (Lipinski definition) is 2. The summed E-state index contributed by atoms with van der Waals surface area (Å²) in [5, 5.41) is 12.8. The van der Waals surface area contributed by atoms with Crippen molar-refractivity contribution in [1.29, 1.82) is 0 Å². The van der Waals surface area contributed by atoms with Crippen molar-refractivity contribution < 1.29 is 5.11 Å². The molecule has 1 aliphatic rings. The van der Waals surface area contributed by atoms with Gasteiger partial charge in [-0.05, 0) is 26.2 Å². The molecular weight excluding hydrogens is 150 g/mol. The average Bonchev–Trinajstić information content (AvgIpc) is 1.98. The molecule has 1 fully saturated rings. The number of aliphatic hydroxyl groups is 1. The van der Waals surface area contributed by atoms with E-state index in [1.807, 2.05) is 0 Å². The van der Waals surface area contributed by atoms with Gasteiger partial charge in [0.15, 0.2) is 0 Å². The zero-order valence-corrected chi connectivity index (χ0v) is 8.27. The molecule has 0 heterocycles. The molecule has 2 N–H and O–H groups in total. The molecule has 0 spiro atoms. The van der Waals surface area contributed by atoms with Crippen LogP contribution >= 0.6 is 0 Å². The molecule has 0 radical (unpaired) electrons. The van der Waals surface area contributed by atoms with Crippen LogP contribution in [-0.4, -0.2) is 23.3 Å². The van der Waals surface area contributed by atoms with Gasteiger partial charge in [0.25, 0.3) is 0 Å². The molecule has 1 atom stereocenters. The Morgan fingerprint density at radius 3 is 2.50 bits per heavy atom. The molecule has 0 bridgehead atoms. The fourth-order valence-electron chi connectivity index (χ4n) is 1.79. The molecular formula is C10H21NO. The van der Waals surface area contributed by atoms with Crippen molar-refractivity contribution in [3.8, 4) is 0 Å². The first-order valence-electron chi connectivity index (χ1n) is 5.09. The molecule has 0 aliphatic heterocycles. The smallest absolute Gasteiger partial charge is 0.0610 e. The third kappa shape index (κ3) is 2.46. The summed E-state index contributed by atoms with van der Waals surface area (Å²) in [6.07, 6.45) is 6.14. The van der Waals surface area contributed by atoms with Gasteiger partial charge in [0.1, 0.15) is 0 Å². The summed E-state index contributed by atoms with van der Waals surface area (Å²) in [6.45, 7) is 4.54. The summed E-state index contributed by atoms with van der Waals surface area (Å²) >= 11 is 0. The second kappa shape index (κ2) is 4.24. The molecule has 1 rings (SSSR count). The minimum absolute atomic E-state index is 0.0279. The van der Waals surface area contributed by atoms with E-state index in [2.05, 4.69) is 19.2 Å². The van der Waals surface area contributed by atoms with E-state index in [4.69, 9.17) is 0 Å². The van der Waals surface area contributed by atoms with Gasteiger partial charge in [-0.25, -0.2) is 0 Å². The second-order valence-corrected chi connectivity index (χ2v) is 4.24. The SMILES string of the molecule is CCCC(C)(CO)NC1CCC1. The Labute approximate surface area is 75.4 Å². The largest absolute Gasteiger partial charge is 0.394 e. The highest BCUT2D eigenvalue weighted by atomic mass is 16.3. The molecule has 1 saturated carbocycles. The van der Waals surface area contributed by atoms with Crippen LogP contribution in [0.1, 0.15) is 46.0 Å². The lowest BCUT2D eigenvalue weighted by molar-refractivity contribution is 0.133. The van der Waals surface area contributed by atoms with Crippen LogP contribution in [0.3, 0.4) is 0 Å². The van der Waals surface area contributed by atoms with Crippen LogP contribution in [0.5, 0.6) is 0 Å². The standard InChI is InChI=1S/C10H21NO/c1-3-7-10(2,8-12)11-9-5-4-6-9/h9,11-12H,3-8H2,1-2H3. The lowest BCUT2D eigenvalue weighted by Gasteiger charge is -2.37. The summed E-state index contributed by atoms with van der Waals surface area (Å²) in [6, 6.07) is 0.675. The predicted molar refractivity (Wildman–Crippen MR) is 51.2 cm³/mol. The monoisotopic (exact) mass is 171 g/mol. The lowest BCUT2D eigenvalue weighted by Crippen LogP contribution is -2.52. The van der Waals surface area contributed by atoms with Crippen molar-refractivity contribution in [3.05, 3.63) is 0 Å². The number of rotatable bonds is 5. The van der Waals surface area contributed by atoms with Crippen molar-refractivity contribution in [2.45, 2.75) is 57.5 Å². The molecule has 2 nitrogen and oxygen atoms in total. The van der Waals surface area contributed by atoms with Gasteiger partial charge < -0.3 is 10.4 Å². The van der Waals surface area contributed by atoms with Crippen LogP contribution in [-0.2, 0) is 0 Å². The molecule has 0 aromatic carbocycles. The number of hydrogen-bond donors (Lipinski definition) is 2. The summed E-state index contributed by atoms with van der Waals surface area (Å²) in [4.78, 5) is 0. The second-order valence-electron chi connectivity index (χ2n) is 4.24.